The Kier molecular flexibility index (Phi) is 5.17. The largest absolute Gasteiger partial charge is 0.408 e. The molecule has 5 nitrogen and oxygen atoms in total. The monoisotopic (exact) mass is 349 g/mol. The molecule has 1 amide bonds. The predicted octanol–water partition coefficient (Wildman–Crippen LogP) is 3.09. The molecule has 2 N–H and O–H groups in total. The van der Waals surface area contributed by atoms with Gasteiger partial charge in [-0.2, -0.15) is 13.2 Å². The van der Waals surface area contributed by atoms with E-state index in [1.807, 2.05) is 5.32 Å². The van der Waals surface area contributed by atoms with Crippen molar-refractivity contribution in [2.75, 3.05) is 11.9 Å². The van der Waals surface area contributed by atoms with Crippen LogP contribution in [0.5, 0.6) is 0 Å². The fourth-order valence-corrected chi connectivity index (χ4v) is 1.98. The molecule has 0 saturated carbocycles. The minimum atomic E-state index is -5.01. The highest BCUT2D eigenvalue weighted by Gasteiger charge is 2.43. The summed E-state index contributed by atoms with van der Waals surface area (Å²) in [4.78, 5) is 11.6. The SMILES string of the molecule is Cc1cc(NC(=O)CNC(c2c(F)cccc2F)C(F)(F)F)no1. The summed E-state index contributed by atoms with van der Waals surface area (Å²) < 4.78 is 71.2. The van der Waals surface area contributed by atoms with Gasteiger partial charge in [-0.25, -0.2) is 8.78 Å². The zero-order valence-corrected chi connectivity index (χ0v) is 12.2. The lowest BCUT2D eigenvalue weighted by Gasteiger charge is -2.22. The van der Waals surface area contributed by atoms with Crippen LogP contribution in [0.2, 0.25) is 0 Å². The van der Waals surface area contributed by atoms with Crippen molar-refractivity contribution >= 4 is 11.7 Å². The van der Waals surface area contributed by atoms with Crippen molar-refractivity contribution in [3.05, 3.63) is 47.2 Å². The Hall–Kier alpha value is -2.49. The minimum absolute atomic E-state index is 0.0138. The molecule has 2 rings (SSSR count). The van der Waals surface area contributed by atoms with Gasteiger partial charge in [-0.1, -0.05) is 11.2 Å². The van der Waals surface area contributed by atoms with E-state index < -0.39 is 41.9 Å². The molecule has 0 aliphatic rings. The van der Waals surface area contributed by atoms with Crippen LogP contribution in [-0.4, -0.2) is 23.8 Å². The first kappa shape index (κ1) is 17.9. The quantitative estimate of drug-likeness (QED) is 0.814. The smallest absolute Gasteiger partial charge is 0.360 e. The minimum Gasteiger partial charge on any atom is -0.360 e. The molecule has 130 valence electrons. The zero-order chi connectivity index (χ0) is 17.9. The summed E-state index contributed by atoms with van der Waals surface area (Å²) in [6, 6.07) is 1.04. The maximum absolute atomic E-state index is 13.6. The summed E-state index contributed by atoms with van der Waals surface area (Å²) in [6.45, 7) is 0.714. The van der Waals surface area contributed by atoms with Crippen LogP contribution in [0.1, 0.15) is 17.4 Å². The molecular weight excluding hydrogens is 337 g/mol. The number of aryl methyl sites for hydroxylation is 1. The zero-order valence-electron chi connectivity index (χ0n) is 12.2. The summed E-state index contributed by atoms with van der Waals surface area (Å²) >= 11 is 0. The van der Waals surface area contributed by atoms with Crippen molar-refractivity contribution in [3.8, 4) is 0 Å². The van der Waals surface area contributed by atoms with Crippen molar-refractivity contribution in [3.63, 3.8) is 0 Å². The van der Waals surface area contributed by atoms with Crippen molar-refractivity contribution in [2.45, 2.75) is 19.1 Å². The molecule has 0 saturated heterocycles. The van der Waals surface area contributed by atoms with Gasteiger partial charge in [0.05, 0.1) is 6.54 Å². The maximum Gasteiger partial charge on any atom is 0.408 e. The highest BCUT2D eigenvalue weighted by molar-refractivity contribution is 5.91. The van der Waals surface area contributed by atoms with Gasteiger partial charge in [0.2, 0.25) is 5.91 Å². The standard InChI is InChI=1S/C14H12F5N3O2/c1-7-5-10(22-24-7)21-11(23)6-20-13(14(17,18)19)12-8(15)3-2-4-9(12)16/h2-5,13,20H,6H2,1H3,(H,21,22,23). The lowest BCUT2D eigenvalue weighted by molar-refractivity contribution is -0.159. The first-order valence-electron chi connectivity index (χ1n) is 6.65. The Labute approximate surface area is 132 Å². The van der Waals surface area contributed by atoms with Crippen LogP contribution >= 0.6 is 0 Å². The Morgan fingerprint density at radius 2 is 1.92 bits per heavy atom. The number of hydrogen-bond acceptors (Lipinski definition) is 4. The molecule has 1 aromatic carbocycles. The molecule has 10 heteroatoms. The van der Waals surface area contributed by atoms with Gasteiger partial charge in [0, 0.05) is 11.6 Å². The fourth-order valence-electron chi connectivity index (χ4n) is 1.98. The van der Waals surface area contributed by atoms with E-state index in [1.165, 1.54) is 6.07 Å². The van der Waals surface area contributed by atoms with Gasteiger partial charge in [0.1, 0.15) is 23.4 Å². The van der Waals surface area contributed by atoms with Crippen molar-refractivity contribution in [1.82, 2.24) is 10.5 Å². The van der Waals surface area contributed by atoms with Crippen LogP contribution in [0.4, 0.5) is 27.8 Å². The third-order valence-electron chi connectivity index (χ3n) is 2.98. The summed E-state index contributed by atoms with van der Waals surface area (Å²) in [5.74, 6) is -3.20. The number of aromatic nitrogens is 1. The molecular formula is C14H12F5N3O2. The van der Waals surface area contributed by atoms with Gasteiger partial charge < -0.3 is 9.84 Å². The second kappa shape index (κ2) is 6.95. The van der Waals surface area contributed by atoms with E-state index in [0.717, 1.165) is 6.07 Å². The molecule has 0 radical (unpaired) electrons. The molecule has 2 aromatic rings. The highest BCUT2D eigenvalue weighted by Crippen LogP contribution is 2.35. The predicted molar refractivity (Wildman–Crippen MR) is 73.0 cm³/mol. The van der Waals surface area contributed by atoms with E-state index in [0.29, 0.717) is 17.9 Å². The van der Waals surface area contributed by atoms with Crippen molar-refractivity contribution in [2.24, 2.45) is 0 Å². The Balaban J connectivity index is 2.11. The third kappa shape index (κ3) is 4.28. The van der Waals surface area contributed by atoms with Crippen LogP contribution in [-0.2, 0) is 4.79 Å². The lowest BCUT2D eigenvalue weighted by atomic mass is 10.0. The van der Waals surface area contributed by atoms with E-state index in [1.54, 1.807) is 6.92 Å². The van der Waals surface area contributed by atoms with Gasteiger partial charge in [0.15, 0.2) is 5.82 Å². The fraction of sp³-hybridized carbons (Fsp3) is 0.286. The second-order valence-corrected chi connectivity index (χ2v) is 4.86. The number of nitrogens with one attached hydrogen (secondary N) is 2. The molecule has 0 aliphatic heterocycles. The number of carbonyl (C=O) groups is 1. The molecule has 1 unspecified atom stereocenters. The number of carbonyl (C=O) groups excluding carboxylic acids is 1. The van der Waals surface area contributed by atoms with Gasteiger partial charge in [0.25, 0.3) is 0 Å². The average Bonchev–Trinajstić information content (AvgIpc) is 2.85. The van der Waals surface area contributed by atoms with Crippen LogP contribution in [0.3, 0.4) is 0 Å². The van der Waals surface area contributed by atoms with Crippen LogP contribution in [0.15, 0.2) is 28.8 Å². The first-order chi connectivity index (χ1) is 11.2. The molecule has 1 aromatic heterocycles. The lowest BCUT2D eigenvalue weighted by Crippen LogP contribution is -2.39. The van der Waals surface area contributed by atoms with Gasteiger partial charge in [-0.15, -0.1) is 0 Å². The molecule has 0 fully saturated rings. The van der Waals surface area contributed by atoms with Gasteiger partial charge in [-0.05, 0) is 19.1 Å². The molecule has 0 bridgehead atoms. The summed E-state index contributed by atoms with van der Waals surface area (Å²) in [6.07, 6.45) is -5.01. The van der Waals surface area contributed by atoms with Gasteiger partial charge >= 0.3 is 6.18 Å². The Bertz CT molecular complexity index is 709. The number of anilines is 1. The summed E-state index contributed by atoms with van der Waals surface area (Å²) in [5.41, 5.74) is -1.20. The molecule has 1 atom stereocenters. The highest BCUT2D eigenvalue weighted by atomic mass is 19.4. The van der Waals surface area contributed by atoms with Crippen molar-refractivity contribution < 1.29 is 31.3 Å². The molecule has 1 heterocycles. The van der Waals surface area contributed by atoms with Crippen molar-refractivity contribution in [1.29, 1.82) is 0 Å². The van der Waals surface area contributed by atoms with E-state index in [-0.39, 0.29) is 5.82 Å². The number of alkyl halides is 3. The Morgan fingerprint density at radius 3 is 2.42 bits per heavy atom. The van der Waals surface area contributed by atoms with Gasteiger partial charge in [-0.3, -0.25) is 10.1 Å². The molecule has 0 aliphatic carbocycles. The normalized spacial score (nSPS) is 12.9. The maximum atomic E-state index is 13.6. The topological polar surface area (TPSA) is 67.2 Å². The number of hydrogen-bond donors (Lipinski definition) is 2. The van der Waals surface area contributed by atoms with E-state index in [4.69, 9.17) is 0 Å². The van der Waals surface area contributed by atoms with Crippen LogP contribution in [0.25, 0.3) is 0 Å². The molecule has 24 heavy (non-hydrogen) atoms. The molecule has 0 spiro atoms. The number of benzene rings is 1. The number of amides is 1. The number of rotatable bonds is 5. The Morgan fingerprint density at radius 1 is 1.29 bits per heavy atom. The first-order valence-corrected chi connectivity index (χ1v) is 6.65. The summed E-state index contributed by atoms with van der Waals surface area (Å²) in [7, 11) is 0. The average molecular weight is 349 g/mol. The van der Waals surface area contributed by atoms with E-state index in [9.17, 15) is 26.7 Å². The van der Waals surface area contributed by atoms with E-state index in [2.05, 4.69) is 15.0 Å². The second-order valence-electron chi connectivity index (χ2n) is 4.86. The number of nitrogens with zero attached hydrogens (tertiary/aromatic N) is 1. The number of halogens is 5. The van der Waals surface area contributed by atoms with Crippen LogP contribution < -0.4 is 10.6 Å². The third-order valence-corrected chi connectivity index (χ3v) is 2.98. The summed E-state index contributed by atoms with van der Waals surface area (Å²) in [5, 5.41) is 7.44. The van der Waals surface area contributed by atoms with E-state index >= 15 is 0 Å². The van der Waals surface area contributed by atoms with Crippen LogP contribution in [0, 0.1) is 18.6 Å².